The fourth-order valence-corrected chi connectivity index (χ4v) is 4.00. The van der Waals surface area contributed by atoms with Gasteiger partial charge < -0.3 is 10.4 Å². The highest BCUT2D eigenvalue weighted by molar-refractivity contribution is 7.09. The van der Waals surface area contributed by atoms with Crippen molar-refractivity contribution in [3.8, 4) is 0 Å². The van der Waals surface area contributed by atoms with Crippen molar-refractivity contribution in [2.24, 2.45) is 0 Å². The zero-order chi connectivity index (χ0) is 16.5. The Balaban J connectivity index is 1.69. The lowest BCUT2D eigenvalue weighted by Gasteiger charge is -2.16. The number of hydrogen-bond acceptors (Lipinski definition) is 6. The molecule has 1 aliphatic rings. The van der Waals surface area contributed by atoms with E-state index in [9.17, 15) is 5.11 Å². The van der Waals surface area contributed by atoms with Gasteiger partial charge in [-0.05, 0) is 42.7 Å². The quantitative estimate of drug-likeness (QED) is 0.671. The van der Waals surface area contributed by atoms with Gasteiger partial charge >= 0.3 is 0 Å². The number of aromatic nitrogens is 2. The lowest BCUT2D eigenvalue weighted by Crippen LogP contribution is -2.35. The van der Waals surface area contributed by atoms with Gasteiger partial charge in [0.2, 0.25) is 0 Å². The number of allylic oxidation sites excluding steroid dienone is 1. The van der Waals surface area contributed by atoms with Gasteiger partial charge in [-0.3, -0.25) is 5.43 Å². The van der Waals surface area contributed by atoms with Crippen LogP contribution in [0.3, 0.4) is 0 Å². The van der Waals surface area contributed by atoms with Gasteiger partial charge in [0, 0.05) is 4.88 Å². The van der Waals surface area contributed by atoms with Crippen molar-refractivity contribution in [1.82, 2.24) is 15.0 Å². The molecule has 0 aromatic carbocycles. The van der Waals surface area contributed by atoms with Crippen molar-refractivity contribution in [2.45, 2.75) is 13.5 Å². The summed E-state index contributed by atoms with van der Waals surface area (Å²) in [5.74, 6) is 1.26. The van der Waals surface area contributed by atoms with E-state index < -0.39 is 0 Å². The van der Waals surface area contributed by atoms with Gasteiger partial charge in [-0.1, -0.05) is 6.07 Å². The minimum absolute atomic E-state index is 0.336. The van der Waals surface area contributed by atoms with Crippen LogP contribution in [0.2, 0.25) is 0 Å². The van der Waals surface area contributed by atoms with Gasteiger partial charge in [-0.2, -0.15) is 0 Å². The highest BCUT2D eigenvalue weighted by Gasteiger charge is 2.07. The first kappa shape index (κ1) is 15.0. The maximum absolute atomic E-state index is 9.64. The molecule has 4 heterocycles. The molecular formula is C17H16N4OS2. The molecule has 0 bridgehead atoms. The maximum Gasteiger partial charge on any atom is 0.152 e. The molecular weight excluding hydrogens is 340 g/mol. The summed E-state index contributed by atoms with van der Waals surface area (Å²) in [6.45, 7) is 2.48. The number of imidazole rings is 1. The van der Waals surface area contributed by atoms with Crippen LogP contribution in [0.15, 0.2) is 47.7 Å². The molecule has 5 nitrogen and oxygen atoms in total. The van der Waals surface area contributed by atoms with Gasteiger partial charge in [0.25, 0.3) is 0 Å². The molecule has 7 heteroatoms. The van der Waals surface area contributed by atoms with E-state index in [1.807, 2.05) is 35.2 Å². The number of nitrogens with zero attached hydrogens (tertiary/aromatic N) is 2. The molecule has 0 radical (unpaired) electrons. The highest BCUT2D eigenvalue weighted by atomic mass is 32.1. The van der Waals surface area contributed by atoms with Crippen molar-refractivity contribution in [1.29, 1.82) is 0 Å². The molecule has 3 aromatic rings. The van der Waals surface area contributed by atoms with Crippen LogP contribution in [0.4, 0.5) is 0 Å². The molecule has 3 N–H and O–H groups in total. The van der Waals surface area contributed by atoms with Crippen LogP contribution in [0.5, 0.6) is 0 Å². The number of hydrogen-bond donors (Lipinski definition) is 3. The maximum atomic E-state index is 9.64. The molecule has 0 unspecified atom stereocenters. The molecule has 0 aliphatic carbocycles. The molecule has 0 atom stereocenters. The van der Waals surface area contributed by atoms with E-state index >= 15 is 0 Å². The predicted octanol–water partition coefficient (Wildman–Crippen LogP) is 1.95. The van der Waals surface area contributed by atoms with E-state index in [1.54, 1.807) is 29.6 Å². The van der Waals surface area contributed by atoms with Crippen molar-refractivity contribution in [2.75, 3.05) is 5.43 Å². The molecule has 0 amide bonds. The zero-order valence-electron chi connectivity index (χ0n) is 13.0. The first-order valence-corrected chi connectivity index (χ1v) is 9.19. The fourth-order valence-electron chi connectivity index (χ4n) is 2.45. The summed E-state index contributed by atoms with van der Waals surface area (Å²) in [6.07, 6.45) is 5.82. The van der Waals surface area contributed by atoms with Crippen LogP contribution >= 0.6 is 22.7 Å². The summed E-state index contributed by atoms with van der Waals surface area (Å²) in [7, 11) is 0. The topological polar surface area (TPSA) is 62.1 Å². The van der Waals surface area contributed by atoms with Crippen LogP contribution in [0.25, 0.3) is 11.8 Å². The van der Waals surface area contributed by atoms with Crippen LogP contribution in [-0.2, 0) is 6.54 Å². The predicted molar refractivity (Wildman–Crippen MR) is 98.2 cm³/mol. The summed E-state index contributed by atoms with van der Waals surface area (Å²) >= 11 is 3.28. The second kappa shape index (κ2) is 6.18. The van der Waals surface area contributed by atoms with E-state index in [1.165, 1.54) is 4.88 Å². The summed E-state index contributed by atoms with van der Waals surface area (Å²) in [5, 5.41) is 16.1. The van der Waals surface area contributed by atoms with Crippen molar-refractivity contribution in [3.63, 3.8) is 0 Å². The molecule has 0 saturated heterocycles. The number of thiophene rings is 2. The smallest absolute Gasteiger partial charge is 0.152 e. The molecule has 1 aliphatic heterocycles. The second-order valence-corrected chi connectivity index (χ2v) is 7.49. The molecule has 24 heavy (non-hydrogen) atoms. The van der Waals surface area contributed by atoms with Crippen LogP contribution in [-0.4, -0.2) is 14.8 Å². The van der Waals surface area contributed by atoms with E-state index in [4.69, 9.17) is 0 Å². The monoisotopic (exact) mass is 356 g/mol. The van der Waals surface area contributed by atoms with Gasteiger partial charge in [0.15, 0.2) is 5.48 Å². The third-order valence-corrected chi connectivity index (χ3v) is 5.76. The normalized spacial score (nSPS) is 15.8. The van der Waals surface area contributed by atoms with Crippen LogP contribution in [0.1, 0.15) is 11.8 Å². The summed E-state index contributed by atoms with van der Waals surface area (Å²) in [4.78, 5) is 5.73. The number of fused-ring (bicyclic) bond motifs is 1. The van der Waals surface area contributed by atoms with Gasteiger partial charge in [0.05, 0.1) is 21.8 Å². The molecule has 122 valence electrons. The lowest BCUT2D eigenvalue weighted by molar-refractivity contribution is 0.500. The Bertz CT molecular complexity index is 1100. The average Bonchev–Trinajstić information content (AvgIpc) is 3.31. The molecule has 0 fully saturated rings. The highest BCUT2D eigenvalue weighted by Crippen LogP contribution is 2.09. The Morgan fingerprint density at radius 3 is 3.00 bits per heavy atom. The largest absolute Gasteiger partial charge is 0.511 e. The number of aliphatic hydroxyl groups excluding tert-OH is 1. The first-order valence-electron chi connectivity index (χ1n) is 7.50. The van der Waals surface area contributed by atoms with E-state index in [0.717, 1.165) is 32.3 Å². The second-order valence-electron chi connectivity index (χ2n) is 5.38. The zero-order valence-corrected chi connectivity index (χ0v) is 14.6. The number of nitrogens with one attached hydrogen (secondary N) is 2. The molecule has 4 rings (SSSR count). The summed E-state index contributed by atoms with van der Waals surface area (Å²) < 4.78 is 3.88. The third-order valence-electron chi connectivity index (χ3n) is 3.67. The standard InChI is InChI=1S/C17H16N4OS2/c1-11(22)14-4-5-15(24-14)13-10-19-17-7-6-16(20-21(13)17)18-9-12-3-2-8-23-12/h2-8,10,18,20,22H,9H2,1H3/b14-11+,15-13+. The minimum atomic E-state index is 0.336. The molecule has 3 aromatic heterocycles. The summed E-state index contributed by atoms with van der Waals surface area (Å²) in [6, 6.07) is 8.09. The minimum Gasteiger partial charge on any atom is -0.511 e. The van der Waals surface area contributed by atoms with E-state index in [0.29, 0.717) is 5.76 Å². The third kappa shape index (κ3) is 2.83. The average molecular weight is 356 g/mol. The Morgan fingerprint density at radius 1 is 1.33 bits per heavy atom. The van der Waals surface area contributed by atoms with Crippen LogP contribution < -0.4 is 20.8 Å². The lowest BCUT2D eigenvalue weighted by atomic mass is 10.4. The van der Waals surface area contributed by atoms with Crippen molar-refractivity contribution >= 4 is 34.5 Å². The van der Waals surface area contributed by atoms with Gasteiger partial charge in [-0.15, -0.1) is 22.7 Å². The summed E-state index contributed by atoms with van der Waals surface area (Å²) in [5.41, 5.74) is 4.21. The van der Waals surface area contributed by atoms with Crippen LogP contribution in [0, 0.1) is 9.88 Å². The SMILES string of the molecule is C/C(O)=c1/cc/c(=c2/cnc3n2NC(NCc2cccs2)=CC=3)s1. The van der Waals surface area contributed by atoms with Crippen molar-refractivity contribution < 1.29 is 5.11 Å². The first-order chi connectivity index (χ1) is 11.7. The number of aliphatic hydroxyl groups is 1. The Labute approximate surface area is 146 Å². The molecule has 0 spiro atoms. The van der Waals surface area contributed by atoms with Crippen molar-refractivity contribution in [3.05, 3.63) is 72.5 Å². The Hall–Kier alpha value is -2.51. The Morgan fingerprint density at radius 2 is 2.25 bits per heavy atom. The van der Waals surface area contributed by atoms with E-state index in [-0.39, 0.29) is 0 Å². The Kier molecular flexibility index (Phi) is 3.87. The van der Waals surface area contributed by atoms with E-state index in [2.05, 4.69) is 33.2 Å². The molecule has 0 saturated carbocycles. The fraction of sp³-hybridized carbons (Fsp3) is 0.118. The van der Waals surface area contributed by atoms with Gasteiger partial charge in [0.1, 0.15) is 16.9 Å². The number of rotatable bonds is 3. The van der Waals surface area contributed by atoms with Gasteiger partial charge in [-0.25, -0.2) is 9.66 Å².